The molecular formula is C21H27N5O9S2. The molecule has 3 amide bonds. The first-order chi connectivity index (χ1) is 17.5. The van der Waals surface area contributed by atoms with Crippen LogP contribution in [-0.4, -0.2) is 104 Å². The Hall–Kier alpha value is -3.37. The number of fused-ring (bicyclic) bond motifs is 1. The average Bonchev–Trinajstić information content (AvgIpc) is 3.17. The van der Waals surface area contributed by atoms with Gasteiger partial charge in [-0.15, -0.1) is 0 Å². The SMILES string of the molecule is CCOC(=O)N1CCN(C(=O)CS(=O)(=O)CC(=O)N=c2sc3cc([N+](=O)[O-])ccc3n2CCOC)CC1. The van der Waals surface area contributed by atoms with E-state index in [2.05, 4.69) is 4.99 Å². The minimum Gasteiger partial charge on any atom is -0.450 e. The number of rotatable bonds is 9. The van der Waals surface area contributed by atoms with E-state index in [9.17, 15) is 32.9 Å². The highest BCUT2D eigenvalue weighted by molar-refractivity contribution is 7.92. The largest absolute Gasteiger partial charge is 0.450 e. The van der Waals surface area contributed by atoms with Crippen molar-refractivity contribution in [2.24, 2.45) is 4.99 Å². The second-order valence-corrected chi connectivity index (χ2v) is 11.1. The standard InChI is InChI=1S/C21H27N5O9S2/c1-3-35-21(29)24-8-6-23(7-9-24)19(28)14-37(32,33)13-18(27)22-20-25(10-11-34-2)16-5-4-15(26(30)31)12-17(16)36-20/h4-5,12H,3,6-11,13-14H2,1-2H3. The summed E-state index contributed by atoms with van der Waals surface area (Å²) in [5, 5.41) is 11.1. The predicted molar refractivity (Wildman–Crippen MR) is 133 cm³/mol. The Morgan fingerprint density at radius 2 is 1.81 bits per heavy atom. The van der Waals surface area contributed by atoms with Crippen LogP contribution < -0.4 is 4.80 Å². The molecule has 1 aromatic carbocycles. The van der Waals surface area contributed by atoms with Crippen molar-refractivity contribution >= 4 is 55.0 Å². The van der Waals surface area contributed by atoms with E-state index >= 15 is 0 Å². The zero-order valence-corrected chi connectivity index (χ0v) is 22.0. The van der Waals surface area contributed by atoms with Crippen molar-refractivity contribution in [1.29, 1.82) is 0 Å². The fourth-order valence-electron chi connectivity index (χ4n) is 3.67. The Balaban J connectivity index is 1.71. The van der Waals surface area contributed by atoms with Crippen LogP contribution in [0.3, 0.4) is 0 Å². The van der Waals surface area contributed by atoms with Gasteiger partial charge in [-0.3, -0.25) is 19.7 Å². The average molecular weight is 558 g/mol. The molecule has 14 nitrogen and oxygen atoms in total. The lowest BCUT2D eigenvalue weighted by Crippen LogP contribution is -2.52. The molecule has 0 saturated carbocycles. The summed E-state index contributed by atoms with van der Waals surface area (Å²) in [6.07, 6.45) is -0.493. The number of hydrogen-bond acceptors (Lipinski definition) is 10. The number of nitrogens with zero attached hydrogens (tertiary/aromatic N) is 5. The van der Waals surface area contributed by atoms with Crippen LogP contribution in [-0.2, 0) is 35.4 Å². The monoisotopic (exact) mass is 557 g/mol. The maximum atomic E-state index is 12.6. The lowest BCUT2D eigenvalue weighted by molar-refractivity contribution is -0.384. The number of hydrogen-bond donors (Lipinski definition) is 0. The maximum absolute atomic E-state index is 12.6. The first-order valence-electron chi connectivity index (χ1n) is 11.3. The molecule has 1 saturated heterocycles. The van der Waals surface area contributed by atoms with E-state index in [4.69, 9.17) is 9.47 Å². The van der Waals surface area contributed by atoms with E-state index in [1.807, 2.05) is 0 Å². The molecule has 1 aliphatic heterocycles. The minimum absolute atomic E-state index is 0.130. The molecule has 0 N–H and O–H groups in total. The highest BCUT2D eigenvalue weighted by Gasteiger charge is 2.29. The van der Waals surface area contributed by atoms with Crippen LogP contribution in [0.4, 0.5) is 10.5 Å². The zero-order chi connectivity index (χ0) is 27.2. The molecule has 0 aliphatic carbocycles. The number of aromatic nitrogens is 1. The van der Waals surface area contributed by atoms with E-state index < -0.39 is 44.2 Å². The number of benzene rings is 1. The van der Waals surface area contributed by atoms with Crippen LogP contribution in [0.2, 0.25) is 0 Å². The van der Waals surface area contributed by atoms with Crippen molar-refractivity contribution in [3.05, 3.63) is 33.1 Å². The van der Waals surface area contributed by atoms with E-state index in [1.165, 1.54) is 35.1 Å². The van der Waals surface area contributed by atoms with E-state index in [0.717, 1.165) is 11.3 Å². The summed E-state index contributed by atoms with van der Waals surface area (Å²) in [6, 6.07) is 4.21. The fourth-order valence-corrected chi connectivity index (χ4v) is 5.88. The molecule has 202 valence electrons. The van der Waals surface area contributed by atoms with Gasteiger partial charge in [0.1, 0.15) is 11.5 Å². The van der Waals surface area contributed by atoms with Gasteiger partial charge in [-0.2, -0.15) is 4.99 Å². The topological polar surface area (TPSA) is 171 Å². The summed E-state index contributed by atoms with van der Waals surface area (Å²) in [4.78, 5) is 54.3. The third-order valence-corrected chi connectivity index (χ3v) is 7.88. The van der Waals surface area contributed by atoms with Crippen LogP contribution >= 0.6 is 11.3 Å². The van der Waals surface area contributed by atoms with Gasteiger partial charge in [0, 0.05) is 52.0 Å². The summed E-state index contributed by atoms with van der Waals surface area (Å²) >= 11 is 1.01. The summed E-state index contributed by atoms with van der Waals surface area (Å²) < 4.78 is 37.3. The number of nitro benzene ring substituents is 1. The Morgan fingerprint density at radius 1 is 1.14 bits per heavy atom. The van der Waals surface area contributed by atoms with E-state index in [0.29, 0.717) is 10.2 Å². The van der Waals surface area contributed by atoms with Gasteiger partial charge < -0.3 is 23.8 Å². The number of methoxy groups -OCH3 is 1. The molecule has 1 aliphatic rings. The molecule has 2 aromatic rings. The number of thiazole rings is 1. The maximum Gasteiger partial charge on any atom is 0.409 e. The van der Waals surface area contributed by atoms with Gasteiger partial charge in [0.25, 0.3) is 11.6 Å². The van der Waals surface area contributed by atoms with Crippen LogP contribution in [0.15, 0.2) is 23.2 Å². The zero-order valence-electron chi connectivity index (χ0n) is 20.3. The molecule has 0 spiro atoms. The molecule has 0 radical (unpaired) electrons. The summed E-state index contributed by atoms with van der Waals surface area (Å²) in [5.41, 5.74) is 0.453. The summed E-state index contributed by atoms with van der Waals surface area (Å²) in [7, 11) is -2.64. The predicted octanol–water partition coefficient (Wildman–Crippen LogP) is 0.400. The second kappa shape index (κ2) is 12.2. The third-order valence-electron chi connectivity index (χ3n) is 5.46. The number of amides is 3. The molecule has 0 unspecified atom stereocenters. The van der Waals surface area contributed by atoms with Gasteiger partial charge >= 0.3 is 6.09 Å². The first kappa shape index (κ1) is 28.2. The summed E-state index contributed by atoms with van der Waals surface area (Å²) in [5.74, 6) is -3.47. The van der Waals surface area contributed by atoms with Gasteiger partial charge in [0.15, 0.2) is 14.6 Å². The number of carbonyl (C=O) groups excluding carboxylic acids is 3. The highest BCUT2D eigenvalue weighted by Crippen LogP contribution is 2.23. The van der Waals surface area contributed by atoms with Crippen LogP contribution in [0.1, 0.15) is 6.92 Å². The van der Waals surface area contributed by atoms with Crippen molar-refractivity contribution in [1.82, 2.24) is 14.4 Å². The minimum atomic E-state index is -4.12. The third kappa shape index (κ3) is 7.33. The van der Waals surface area contributed by atoms with Crippen molar-refractivity contribution in [3.8, 4) is 0 Å². The number of nitro groups is 1. The van der Waals surface area contributed by atoms with Gasteiger partial charge in [0.05, 0.1) is 28.4 Å². The van der Waals surface area contributed by atoms with Gasteiger partial charge in [0.2, 0.25) is 5.91 Å². The normalized spacial score (nSPS) is 14.7. The van der Waals surface area contributed by atoms with Gasteiger partial charge in [-0.05, 0) is 13.0 Å². The molecule has 0 atom stereocenters. The molecule has 3 rings (SSSR count). The van der Waals surface area contributed by atoms with E-state index in [-0.39, 0.29) is 56.4 Å². The number of carbonyl (C=O) groups is 3. The lowest BCUT2D eigenvalue weighted by Gasteiger charge is -2.34. The van der Waals surface area contributed by atoms with Crippen molar-refractivity contribution in [3.63, 3.8) is 0 Å². The van der Waals surface area contributed by atoms with Crippen molar-refractivity contribution < 1.29 is 37.2 Å². The molecule has 16 heteroatoms. The fraction of sp³-hybridized carbons (Fsp3) is 0.524. The smallest absolute Gasteiger partial charge is 0.409 e. The quantitative estimate of drug-likeness (QED) is 0.313. The van der Waals surface area contributed by atoms with Crippen LogP contribution in [0.5, 0.6) is 0 Å². The Morgan fingerprint density at radius 3 is 2.43 bits per heavy atom. The Labute approximate surface area is 216 Å². The first-order valence-corrected chi connectivity index (χ1v) is 13.9. The van der Waals surface area contributed by atoms with Gasteiger partial charge in [-0.1, -0.05) is 11.3 Å². The number of non-ortho nitro benzene ring substituents is 1. The van der Waals surface area contributed by atoms with Crippen molar-refractivity contribution in [2.75, 3.05) is 58.0 Å². The van der Waals surface area contributed by atoms with Gasteiger partial charge in [-0.25, -0.2) is 13.2 Å². The Kier molecular flexibility index (Phi) is 9.34. The number of sulfone groups is 1. The lowest BCUT2D eigenvalue weighted by atomic mass is 10.3. The molecule has 2 heterocycles. The molecule has 0 bridgehead atoms. The summed E-state index contributed by atoms with van der Waals surface area (Å²) in [6.45, 7) is 3.18. The molecule has 37 heavy (non-hydrogen) atoms. The van der Waals surface area contributed by atoms with E-state index in [1.54, 1.807) is 11.5 Å². The highest BCUT2D eigenvalue weighted by atomic mass is 32.2. The van der Waals surface area contributed by atoms with Crippen LogP contribution in [0.25, 0.3) is 10.2 Å². The van der Waals surface area contributed by atoms with Crippen LogP contribution in [0, 0.1) is 10.1 Å². The number of ether oxygens (including phenoxy) is 2. The Bertz CT molecular complexity index is 1360. The molecule has 1 aromatic heterocycles. The number of piperazine rings is 1. The molecular weight excluding hydrogens is 530 g/mol. The second-order valence-electron chi connectivity index (χ2n) is 8.04. The molecule has 1 fully saturated rings. The van der Waals surface area contributed by atoms with Crippen molar-refractivity contribution in [2.45, 2.75) is 13.5 Å².